The number of rotatable bonds is 5. The summed E-state index contributed by atoms with van der Waals surface area (Å²) in [6.45, 7) is 0.816. The summed E-state index contributed by atoms with van der Waals surface area (Å²) in [4.78, 5) is 24.6. The first kappa shape index (κ1) is 25.3. The van der Waals surface area contributed by atoms with Crippen LogP contribution in [0.3, 0.4) is 0 Å². The molecule has 1 aliphatic carbocycles. The summed E-state index contributed by atoms with van der Waals surface area (Å²) < 4.78 is 77.9. The van der Waals surface area contributed by atoms with Crippen molar-refractivity contribution >= 4 is 17.5 Å². The van der Waals surface area contributed by atoms with Crippen molar-refractivity contribution in [1.82, 2.24) is 10.6 Å². The van der Waals surface area contributed by atoms with Crippen LogP contribution in [0, 0.1) is 5.92 Å². The maximum absolute atomic E-state index is 13.0. The molecule has 1 aliphatic heterocycles. The molecule has 184 valence electrons. The van der Waals surface area contributed by atoms with E-state index in [-0.39, 0.29) is 36.4 Å². The van der Waals surface area contributed by atoms with Crippen LogP contribution in [0.4, 0.5) is 32.0 Å². The van der Waals surface area contributed by atoms with E-state index in [1.54, 1.807) is 0 Å². The lowest BCUT2D eigenvalue weighted by atomic mass is 9.83. The molecule has 2 amide bonds. The van der Waals surface area contributed by atoms with Crippen molar-refractivity contribution in [2.24, 2.45) is 5.92 Å². The fraction of sp³-hybridized carbons (Fsp3) is 0.636. The minimum Gasteiger partial charge on any atom is -0.352 e. The van der Waals surface area contributed by atoms with E-state index in [0.717, 1.165) is 25.8 Å². The third-order valence-electron chi connectivity index (χ3n) is 6.17. The molecule has 0 bridgehead atoms. The van der Waals surface area contributed by atoms with Crippen molar-refractivity contribution in [3.8, 4) is 0 Å². The number of halogens is 6. The third-order valence-corrected chi connectivity index (χ3v) is 6.17. The van der Waals surface area contributed by atoms with Gasteiger partial charge in [-0.25, -0.2) is 0 Å². The van der Waals surface area contributed by atoms with Crippen LogP contribution >= 0.6 is 0 Å². The fourth-order valence-electron chi connectivity index (χ4n) is 4.39. The van der Waals surface area contributed by atoms with Crippen molar-refractivity contribution in [2.75, 3.05) is 11.9 Å². The number of hydrogen-bond donors (Lipinski definition) is 3. The SMILES string of the molecule is O=C(CC1CCC(NC(=O)C2CCCCN2)CC1)Nc1cc(C(F)(F)F)cc(C(F)(F)F)c1. The van der Waals surface area contributed by atoms with E-state index in [0.29, 0.717) is 37.8 Å². The fourth-order valence-corrected chi connectivity index (χ4v) is 4.39. The highest BCUT2D eigenvalue weighted by Gasteiger charge is 2.37. The van der Waals surface area contributed by atoms with Crippen molar-refractivity contribution in [1.29, 1.82) is 0 Å². The molecule has 5 nitrogen and oxygen atoms in total. The maximum atomic E-state index is 13.0. The molecule has 1 atom stereocenters. The lowest BCUT2D eigenvalue weighted by Gasteiger charge is -2.31. The van der Waals surface area contributed by atoms with E-state index in [1.165, 1.54) is 0 Å². The van der Waals surface area contributed by atoms with E-state index in [2.05, 4.69) is 16.0 Å². The molecule has 11 heteroatoms. The number of hydrogen-bond acceptors (Lipinski definition) is 3. The number of piperidine rings is 1. The number of anilines is 1. The summed E-state index contributed by atoms with van der Waals surface area (Å²) in [6, 6.07) is 0.834. The van der Waals surface area contributed by atoms with Crippen LogP contribution in [0.25, 0.3) is 0 Å². The molecule has 1 aromatic rings. The second-order valence-corrected chi connectivity index (χ2v) is 8.78. The first-order valence-corrected chi connectivity index (χ1v) is 11.0. The van der Waals surface area contributed by atoms with Gasteiger partial charge in [0, 0.05) is 18.2 Å². The average Bonchev–Trinajstić information content (AvgIpc) is 2.74. The molecule has 1 heterocycles. The Morgan fingerprint density at radius 2 is 1.48 bits per heavy atom. The molecule has 2 fully saturated rings. The smallest absolute Gasteiger partial charge is 0.352 e. The molecule has 1 saturated carbocycles. The summed E-state index contributed by atoms with van der Waals surface area (Å²) in [7, 11) is 0. The number of carbonyl (C=O) groups excluding carboxylic acids is 2. The van der Waals surface area contributed by atoms with E-state index >= 15 is 0 Å². The number of carbonyl (C=O) groups is 2. The molecule has 0 aromatic heterocycles. The van der Waals surface area contributed by atoms with Gasteiger partial charge in [-0.2, -0.15) is 26.3 Å². The van der Waals surface area contributed by atoms with Crippen LogP contribution in [0.15, 0.2) is 18.2 Å². The zero-order chi connectivity index (χ0) is 24.2. The lowest BCUT2D eigenvalue weighted by molar-refractivity contribution is -0.143. The number of benzene rings is 1. The van der Waals surface area contributed by atoms with E-state index in [9.17, 15) is 35.9 Å². The number of amides is 2. The first-order chi connectivity index (χ1) is 15.4. The Morgan fingerprint density at radius 1 is 0.879 bits per heavy atom. The van der Waals surface area contributed by atoms with Crippen molar-refractivity contribution < 1.29 is 35.9 Å². The van der Waals surface area contributed by atoms with Gasteiger partial charge < -0.3 is 16.0 Å². The summed E-state index contributed by atoms with van der Waals surface area (Å²) in [6.07, 6.45) is -4.52. The summed E-state index contributed by atoms with van der Waals surface area (Å²) in [5.41, 5.74) is -3.49. The summed E-state index contributed by atoms with van der Waals surface area (Å²) in [5, 5.41) is 8.40. The molecule has 3 N–H and O–H groups in total. The van der Waals surface area contributed by atoms with E-state index < -0.39 is 35.1 Å². The molecule has 1 saturated heterocycles. The van der Waals surface area contributed by atoms with Crippen molar-refractivity contribution in [3.63, 3.8) is 0 Å². The topological polar surface area (TPSA) is 70.2 Å². The van der Waals surface area contributed by atoms with E-state index in [4.69, 9.17) is 0 Å². The first-order valence-electron chi connectivity index (χ1n) is 11.0. The van der Waals surface area contributed by atoms with Gasteiger partial charge in [-0.05, 0) is 69.2 Å². The van der Waals surface area contributed by atoms with Crippen LogP contribution in [0.2, 0.25) is 0 Å². The van der Waals surface area contributed by atoms with Crippen LogP contribution in [-0.2, 0) is 21.9 Å². The zero-order valence-corrected chi connectivity index (χ0v) is 17.9. The van der Waals surface area contributed by atoms with Gasteiger partial charge in [0.1, 0.15) is 0 Å². The largest absolute Gasteiger partial charge is 0.416 e. The highest BCUT2D eigenvalue weighted by molar-refractivity contribution is 5.91. The monoisotopic (exact) mass is 479 g/mol. The Hall–Kier alpha value is -2.30. The predicted octanol–water partition coefficient (Wildman–Crippen LogP) is 4.87. The normalized spacial score (nSPS) is 24.2. The molecule has 2 aliphatic rings. The van der Waals surface area contributed by atoms with Gasteiger partial charge in [0.2, 0.25) is 11.8 Å². The molecule has 3 rings (SSSR count). The zero-order valence-electron chi connectivity index (χ0n) is 17.9. The highest BCUT2D eigenvalue weighted by Crippen LogP contribution is 2.37. The van der Waals surface area contributed by atoms with Gasteiger partial charge in [-0.3, -0.25) is 9.59 Å². The van der Waals surface area contributed by atoms with Crippen LogP contribution < -0.4 is 16.0 Å². The standard InChI is InChI=1S/C22H27F6N3O2/c23-21(24,25)14-10-15(22(26,27)28)12-17(11-14)30-19(32)9-13-4-6-16(7-5-13)31-20(33)18-3-1-2-8-29-18/h10-13,16,18,29H,1-9H2,(H,30,32)(H,31,33). The van der Waals surface area contributed by atoms with Gasteiger partial charge in [-0.15, -0.1) is 0 Å². The van der Waals surface area contributed by atoms with Gasteiger partial charge in [0.25, 0.3) is 0 Å². The maximum Gasteiger partial charge on any atom is 0.416 e. The molecule has 1 aromatic carbocycles. The predicted molar refractivity (Wildman–Crippen MR) is 109 cm³/mol. The molecule has 0 spiro atoms. The number of alkyl halides is 6. The van der Waals surface area contributed by atoms with Crippen LogP contribution in [-0.4, -0.2) is 30.4 Å². The summed E-state index contributed by atoms with van der Waals surface area (Å²) in [5.74, 6) is -0.721. The highest BCUT2D eigenvalue weighted by atomic mass is 19.4. The number of nitrogens with one attached hydrogen (secondary N) is 3. The Kier molecular flexibility index (Phi) is 7.92. The van der Waals surface area contributed by atoms with Crippen molar-refractivity contribution in [2.45, 2.75) is 75.8 Å². The molecular weight excluding hydrogens is 452 g/mol. The quantitative estimate of drug-likeness (QED) is 0.528. The second-order valence-electron chi connectivity index (χ2n) is 8.78. The molecule has 0 radical (unpaired) electrons. The molecule has 33 heavy (non-hydrogen) atoms. The summed E-state index contributed by atoms with van der Waals surface area (Å²) >= 11 is 0. The van der Waals surface area contributed by atoms with Gasteiger partial charge in [0.15, 0.2) is 0 Å². The van der Waals surface area contributed by atoms with Crippen LogP contribution in [0.1, 0.15) is 62.5 Å². The Labute approximate surface area is 187 Å². The van der Waals surface area contributed by atoms with Crippen molar-refractivity contribution in [3.05, 3.63) is 29.3 Å². The minimum absolute atomic E-state index is 0.00153. The van der Waals surface area contributed by atoms with Crippen LogP contribution in [0.5, 0.6) is 0 Å². The minimum atomic E-state index is -4.98. The van der Waals surface area contributed by atoms with Gasteiger partial charge >= 0.3 is 12.4 Å². The Morgan fingerprint density at radius 3 is 2.00 bits per heavy atom. The van der Waals surface area contributed by atoms with Gasteiger partial charge in [-0.1, -0.05) is 6.42 Å². The Bertz CT molecular complexity index is 809. The van der Waals surface area contributed by atoms with E-state index in [1.807, 2.05) is 0 Å². The third kappa shape index (κ3) is 7.35. The van der Waals surface area contributed by atoms with Gasteiger partial charge in [0.05, 0.1) is 17.2 Å². The molecule has 1 unspecified atom stereocenters. The average molecular weight is 479 g/mol. The molecular formula is C22H27F6N3O2. The second kappa shape index (κ2) is 10.3. The Balaban J connectivity index is 1.52. The lowest BCUT2D eigenvalue weighted by Crippen LogP contribution is -2.50.